The zero-order valence-corrected chi connectivity index (χ0v) is 14.9. The molecule has 1 aliphatic carbocycles. The zero-order valence-electron chi connectivity index (χ0n) is 14.9. The Labute approximate surface area is 148 Å². The normalized spacial score (nSPS) is 18.0. The van der Waals surface area contributed by atoms with Gasteiger partial charge in [-0.15, -0.1) is 0 Å². The van der Waals surface area contributed by atoms with E-state index in [0.29, 0.717) is 50.6 Å². The van der Waals surface area contributed by atoms with E-state index < -0.39 is 0 Å². The van der Waals surface area contributed by atoms with Crippen LogP contribution in [-0.4, -0.2) is 60.9 Å². The number of rotatable bonds is 5. The minimum Gasteiger partial charge on any atom is -0.492 e. The Bertz CT molecular complexity index is 635. The average Bonchev–Trinajstić information content (AvgIpc) is 2.59. The van der Waals surface area contributed by atoms with Crippen LogP contribution in [0, 0.1) is 12.8 Å². The molecule has 1 saturated carbocycles. The van der Waals surface area contributed by atoms with E-state index in [1.807, 2.05) is 28.9 Å². The molecule has 0 aromatic heterocycles. The monoisotopic (exact) mass is 345 g/mol. The van der Waals surface area contributed by atoms with E-state index in [-0.39, 0.29) is 17.7 Å². The number of benzene rings is 1. The van der Waals surface area contributed by atoms with E-state index in [0.717, 1.165) is 24.8 Å². The molecule has 0 unspecified atom stereocenters. The van der Waals surface area contributed by atoms with Crippen molar-refractivity contribution in [2.24, 2.45) is 11.7 Å². The van der Waals surface area contributed by atoms with Crippen LogP contribution in [0.4, 0.5) is 0 Å². The Hall–Kier alpha value is -2.08. The highest BCUT2D eigenvalue weighted by molar-refractivity contribution is 5.95. The Morgan fingerprint density at radius 3 is 2.44 bits per heavy atom. The lowest BCUT2D eigenvalue weighted by Gasteiger charge is -2.38. The van der Waals surface area contributed by atoms with Gasteiger partial charge in [0.2, 0.25) is 5.91 Å². The highest BCUT2D eigenvalue weighted by Gasteiger charge is 2.32. The Morgan fingerprint density at radius 2 is 1.84 bits per heavy atom. The molecule has 6 nitrogen and oxygen atoms in total. The first-order valence-electron chi connectivity index (χ1n) is 9.11. The summed E-state index contributed by atoms with van der Waals surface area (Å²) < 4.78 is 5.61. The van der Waals surface area contributed by atoms with Crippen molar-refractivity contribution in [3.63, 3.8) is 0 Å². The third-order valence-corrected chi connectivity index (χ3v) is 5.14. The summed E-state index contributed by atoms with van der Waals surface area (Å²) in [4.78, 5) is 28.8. The van der Waals surface area contributed by atoms with Gasteiger partial charge in [-0.05, 0) is 37.5 Å². The third kappa shape index (κ3) is 3.95. The predicted molar refractivity (Wildman–Crippen MR) is 95.6 cm³/mol. The molecule has 1 aromatic rings. The fourth-order valence-electron chi connectivity index (χ4n) is 3.28. The average molecular weight is 345 g/mol. The van der Waals surface area contributed by atoms with Crippen LogP contribution in [0.3, 0.4) is 0 Å². The molecule has 1 aromatic carbocycles. The van der Waals surface area contributed by atoms with Crippen molar-refractivity contribution in [3.05, 3.63) is 29.3 Å². The van der Waals surface area contributed by atoms with E-state index in [4.69, 9.17) is 10.5 Å². The van der Waals surface area contributed by atoms with E-state index in [2.05, 4.69) is 0 Å². The van der Waals surface area contributed by atoms with Crippen LogP contribution in [0.2, 0.25) is 0 Å². The molecule has 0 bridgehead atoms. The molecule has 6 heteroatoms. The summed E-state index contributed by atoms with van der Waals surface area (Å²) in [5.74, 6) is 1.19. The molecule has 0 spiro atoms. The first kappa shape index (κ1) is 17.7. The van der Waals surface area contributed by atoms with E-state index in [1.54, 1.807) is 6.07 Å². The van der Waals surface area contributed by atoms with Crippen molar-refractivity contribution in [2.45, 2.75) is 26.2 Å². The maximum Gasteiger partial charge on any atom is 0.254 e. The molecule has 2 aliphatic rings. The van der Waals surface area contributed by atoms with Gasteiger partial charge < -0.3 is 20.3 Å². The fourth-order valence-corrected chi connectivity index (χ4v) is 3.28. The lowest BCUT2D eigenvalue weighted by Crippen LogP contribution is -2.52. The topological polar surface area (TPSA) is 75.9 Å². The largest absolute Gasteiger partial charge is 0.492 e. The van der Waals surface area contributed by atoms with Crippen molar-refractivity contribution in [1.29, 1.82) is 0 Å². The molecule has 0 radical (unpaired) electrons. The van der Waals surface area contributed by atoms with Crippen LogP contribution >= 0.6 is 0 Å². The van der Waals surface area contributed by atoms with Crippen LogP contribution in [-0.2, 0) is 4.79 Å². The van der Waals surface area contributed by atoms with Gasteiger partial charge in [0, 0.05) is 44.2 Å². The first-order chi connectivity index (χ1) is 12.1. The molecule has 1 aliphatic heterocycles. The van der Waals surface area contributed by atoms with Crippen LogP contribution in [0.15, 0.2) is 18.2 Å². The van der Waals surface area contributed by atoms with Crippen LogP contribution in [0.25, 0.3) is 0 Å². The summed E-state index contributed by atoms with van der Waals surface area (Å²) in [5.41, 5.74) is 7.09. The Morgan fingerprint density at radius 1 is 1.16 bits per heavy atom. The van der Waals surface area contributed by atoms with Crippen molar-refractivity contribution in [3.8, 4) is 5.75 Å². The molecule has 136 valence electrons. The number of piperazine rings is 1. The van der Waals surface area contributed by atoms with Crippen molar-refractivity contribution in [2.75, 3.05) is 39.3 Å². The highest BCUT2D eigenvalue weighted by atomic mass is 16.5. The van der Waals surface area contributed by atoms with Gasteiger partial charge >= 0.3 is 0 Å². The van der Waals surface area contributed by atoms with Gasteiger partial charge in [0.05, 0.1) is 0 Å². The van der Waals surface area contributed by atoms with Crippen molar-refractivity contribution < 1.29 is 14.3 Å². The van der Waals surface area contributed by atoms with Gasteiger partial charge in [-0.3, -0.25) is 9.59 Å². The number of carbonyl (C=O) groups is 2. The van der Waals surface area contributed by atoms with E-state index in [9.17, 15) is 9.59 Å². The summed E-state index contributed by atoms with van der Waals surface area (Å²) in [5, 5.41) is 0. The maximum atomic E-state index is 12.8. The third-order valence-electron chi connectivity index (χ3n) is 5.14. The van der Waals surface area contributed by atoms with Gasteiger partial charge in [0.25, 0.3) is 5.91 Å². The summed E-state index contributed by atoms with van der Waals surface area (Å²) >= 11 is 0. The second kappa shape index (κ2) is 7.87. The van der Waals surface area contributed by atoms with E-state index >= 15 is 0 Å². The Balaban J connectivity index is 1.59. The number of nitrogens with zero attached hydrogens (tertiary/aromatic N) is 2. The van der Waals surface area contributed by atoms with Gasteiger partial charge in [0.15, 0.2) is 0 Å². The second-order valence-corrected chi connectivity index (χ2v) is 6.86. The molecule has 2 N–H and O–H groups in total. The molecule has 25 heavy (non-hydrogen) atoms. The van der Waals surface area contributed by atoms with E-state index in [1.165, 1.54) is 0 Å². The standard InChI is InChI=1S/C19H27N3O3/c1-14-5-6-16(13-17(14)25-12-7-20)19(24)22-10-8-21(9-11-22)18(23)15-3-2-4-15/h5-6,13,15H,2-4,7-12,20H2,1H3. The number of hydrogen-bond acceptors (Lipinski definition) is 4. The highest BCUT2D eigenvalue weighted by Crippen LogP contribution is 2.28. The second-order valence-electron chi connectivity index (χ2n) is 6.86. The summed E-state index contributed by atoms with van der Waals surface area (Å²) in [6, 6.07) is 5.52. The smallest absolute Gasteiger partial charge is 0.254 e. The molecular weight excluding hydrogens is 318 g/mol. The quantitative estimate of drug-likeness (QED) is 0.876. The molecule has 1 heterocycles. The number of aryl methyl sites for hydroxylation is 1. The van der Waals surface area contributed by atoms with Crippen molar-refractivity contribution >= 4 is 11.8 Å². The predicted octanol–water partition coefficient (Wildman–Crippen LogP) is 1.42. The Kier molecular flexibility index (Phi) is 5.58. The summed E-state index contributed by atoms with van der Waals surface area (Å²) in [7, 11) is 0. The molecule has 0 atom stereocenters. The summed E-state index contributed by atoms with van der Waals surface area (Å²) in [6.07, 6.45) is 3.21. The number of carbonyl (C=O) groups excluding carboxylic acids is 2. The minimum atomic E-state index is -0.00617. The van der Waals surface area contributed by atoms with Gasteiger partial charge in [0.1, 0.15) is 12.4 Å². The molecular formula is C19H27N3O3. The SMILES string of the molecule is Cc1ccc(C(=O)N2CCN(C(=O)C3CCC3)CC2)cc1OCCN. The molecule has 1 saturated heterocycles. The number of nitrogens with two attached hydrogens (primary N) is 1. The fraction of sp³-hybridized carbons (Fsp3) is 0.579. The van der Waals surface area contributed by atoms with Gasteiger partial charge in [-0.1, -0.05) is 12.5 Å². The van der Waals surface area contributed by atoms with Crippen LogP contribution in [0.1, 0.15) is 35.2 Å². The van der Waals surface area contributed by atoms with Crippen LogP contribution in [0.5, 0.6) is 5.75 Å². The van der Waals surface area contributed by atoms with Gasteiger partial charge in [-0.25, -0.2) is 0 Å². The van der Waals surface area contributed by atoms with Crippen LogP contribution < -0.4 is 10.5 Å². The minimum absolute atomic E-state index is 0.00617. The molecule has 2 fully saturated rings. The first-order valence-corrected chi connectivity index (χ1v) is 9.11. The summed E-state index contributed by atoms with van der Waals surface area (Å²) in [6.45, 7) is 5.25. The lowest BCUT2D eigenvalue weighted by atomic mass is 9.84. The molecule has 3 rings (SSSR count). The maximum absolute atomic E-state index is 12.8. The lowest BCUT2D eigenvalue weighted by molar-refractivity contribution is -0.139. The number of ether oxygens (including phenoxy) is 1. The van der Waals surface area contributed by atoms with Gasteiger partial charge in [-0.2, -0.15) is 0 Å². The van der Waals surface area contributed by atoms with Crippen molar-refractivity contribution in [1.82, 2.24) is 9.80 Å². The number of hydrogen-bond donors (Lipinski definition) is 1. The number of amides is 2. The zero-order chi connectivity index (χ0) is 17.8. The molecule has 2 amide bonds.